The third kappa shape index (κ3) is 7.05. The molecule has 0 spiro atoms. The molecule has 14 heteroatoms. The Kier molecular flexibility index (Phi) is 8.33. The van der Waals surface area contributed by atoms with Crippen LogP contribution in [0.15, 0.2) is 36.9 Å². The zero-order chi connectivity index (χ0) is 27.4. The van der Waals surface area contributed by atoms with Crippen LogP contribution in [0, 0.1) is 0 Å². The number of alkyl halides is 1. The predicted molar refractivity (Wildman–Crippen MR) is 145 cm³/mol. The van der Waals surface area contributed by atoms with Crippen molar-refractivity contribution in [3.05, 3.63) is 47.6 Å². The number of rotatable bonds is 12. The van der Waals surface area contributed by atoms with E-state index in [9.17, 15) is 17.6 Å². The van der Waals surface area contributed by atoms with Crippen LogP contribution in [-0.4, -0.2) is 76.8 Å². The van der Waals surface area contributed by atoms with Crippen molar-refractivity contribution in [2.45, 2.75) is 50.1 Å². The van der Waals surface area contributed by atoms with Gasteiger partial charge in [-0.1, -0.05) is 0 Å². The van der Waals surface area contributed by atoms with Crippen LogP contribution < -0.4 is 14.8 Å². The van der Waals surface area contributed by atoms with Gasteiger partial charge in [-0.15, -0.1) is 11.3 Å². The number of likely N-dealkylation sites (tertiary alicyclic amines) is 1. The molecule has 39 heavy (non-hydrogen) atoms. The average molecular weight is 576 g/mol. The molecular formula is C25H30FN7O4S2. The van der Waals surface area contributed by atoms with E-state index in [0.717, 1.165) is 0 Å². The van der Waals surface area contributed by atoms with Gasteiger partial charge < -0.3 is 15.0 Å². The molecule has 3 aromatic rings. The topological polar surface area (TPSA) is 139 Å². The van der Waals surface area contributed by atoms with Crippen LogP contribution in [0.1, 0.15) is 54.1 Å². The standard InChI is InChI=1S/C25H30FN7O4S2/c1-2-37-23-14-27-12-21(30-23)22-13-29-25(38-22)24(34)31-19(7-10-33-9-6-16(26)15-33)20-11-17(5-8-28-20)32-39(35,36)18-3-4-18/h5,8,11-14,16,18-19H,2-4,6-7,9-10,15H2,1H3,(H,28,32)(H,31,34)/t16-,19?/m0/s1. The summed E-state index contributed by atoms with van der Waals surface area (Å²) >= 11 is 1.17. The number of sulfonamides is 1. The third-order valence-electron chi connectivity index (χ3n) is 6.47. The second-order valence-electron chi connectivity index (χ2n) is 9.52. The van der Waals surface area contributed by atoms with Gasteiger partial charge in [0.1, 0.15) is 11.9 Å². The number of aromatic nitrogens is 4. The van der Waals surface area contributed by atoms with Gasteiger partial charge in [0.2, 0.25) is 15.9 Å². The van der Waals surface area contributed by atoms with Crippen LogP contribution in [0.4, 0.5) is 10.1 Å². The zero-order valence-corrected chi connectivity index (χ0v) is 23.0. The first-order chi connectivity index (χ1) is 18.8. The minimum Gasteiger partial charge on any atom is -0.477 e. The van der Waals surface area contributed by atoms with E-state index in [2.05, 4.69) is 30.0 Å². The van der Waals surface area contributed by atoms with Crippen molar-refractivity contribution in [3.8, 4) is 16.5 Å². The number of halogens is 1. The first-order valence-electron chi connectivity index (χ1n) is 12.9. The molecule has 5 rings (SSSR count). The van der Waals surface area contributed by atoms with Crippen molar-refractivity contribution in [2.24, 2.45) is 0 Å². The molecule has 4 heterocycles. The summed E-state index contributed by atoms with van der Waals surface area (Å²) in [5, 5.41) is 2.86. The molecule has 0 aromatic carbocycles. The maximum absolute atomic E-state index is 13.7. The Morgan fingerprint density at radius 1 is 1.26 bits per heavy atom. The van der Waals surface area contributed by atoms with E-state index in [4.69, 9.17) is 4.74 Å². The molecule has 0 radical (unpaired) electrons. The highest BCUT2D eigenvalue weighted by Crippen LogP contribution is 2.31. The molecule has 11 nitrogen and oxygen atoms in total. The number of pyridine rings is 1. The Bertz CT molecular complexity index is 1420. The Morgan fingerprint density at radius 3 is 2.85 bits per heavy atom. The lowest BCUT2D eigenvalue weighted by atomic mass is 10.1. The molecule has 1 unspecified atom stereocenters. The number of anilines is 1. The van der Waals surface area contributed by atoms with E-state index in [-0.39, 0.29) is 10.3 Å². The Morgan fingerprint density at radius 2 is 2.10 bits per heavy atom. The molecule has 2 N–H and O–H groups in total. The molecule has 1 saturated heterocycles. The summed E-state index contributed by atoms with van der Waals surface area (Å²) in [6.45, 7) is 3.86. The molecule has 2 aliphatic rings. The van der Waals surface area contributed by atoms with Gasteiger partial charge in [0.15, 0.2) is 5.01 Å². The van der Waals surface area contributed by atoms with E-state index in [1.165, 1.54) is 23.7 Å². The number of hydrogen-bond acceptors (Lipinski definition) is 10. The van der Waals surface area contributed by atoms with Crippen LogP contribution in [-0.2, 0) is 10.0 Å². The molecule has 208 valence electrons. The van der Waals surface area contributed by atoms with Crippen LogP contribution in [0.2, 0.25) is 0 Å². The lowest BCUT2D eigenvalue weighted by molar-refractivity contribution is 0.0930. The van der Waals surface area contributed by atoms with Crippen LogP contribution in [0.25, 0.3) is 10.6 Å². The lowest BCUT2D eigenvalue weighted by Gasteiger charge is -2.22. The number of amides is 1. The lowest BCUT2D eigenvalue weighted by Crippen LogP contribution is -2.33. The van der Waals surface area contributed by atoms with E-state index in [1.54, 1.807) is 24.5 Å². The summed E-state index contributed by atoms with van der Waals surface area (Å²) in [5.74, 6) is -0.0177. The van der Waals surface area contributed by atoms with Gasteiger partial charge in [0, 0.05) is 32.0 Å². The summed E-state index contributed by atoms with van der Waals surface area (Å²) in [7, 11) is -3.45. The molecule has 0 bridgehead atoms. The monoisotopic (exact) mass is 575 g/mol. The first-order valence-corrected chi connectivity index (χ1v) is 15.2. The predicted octanol–water partition coefficient (Wildman–Crippen LogP) is 3.20. The maximum atomic E-state index is 13.7. The number of carbonyl (C=O) groups is 1. The van der Waals surface area contributed by atoms with Gasteiger partial charge in [-0.2, -0.15) is 0 Å². The van der Waals surface area contributed by atoms with E-state index >= 15 is 0 Å². The van der Waals surface area contributed by atoms with Gasteiger partial charge >= 0.3 is 0 Å². The Labute approximate surface area is 230 Å². The SMILES string of the molecule is CCOc1cncc(-c2cnc(C(=O)NC(CCN3CC[C@H](F)C3)c3cc(NS(=O)(=O)C4CC4)ccn3)s2)n1. The largest absolute Gasteiger partial charge is 0.477 e. The van der Waals surface area contributed by atoms with Crippen LogP contribution >= 0.6 is 11.3 Å². The summed E-state index contributed by atoms with van der Waals surface area (Å²) in [6.07, 6.45) is 7.56. The number of hydrogen-bond donors (Lipinski definition) is 2. The van der Waals surface area contributed by atoms with Gasteiger partial charge in [0.25, 0.3) is 5.91 Å². The second-order valence-corrected chi connectivity index (χ2v) is 12.5. The minimum absolute atomic E-state index is 0.231. The molecule has 2 fully saturated rings. The van der Waals surface area contributed by atoms with Gasteiger partial charge in [-0.3, -0.25) is 19.5 Å². The van der Waals surface area contributed by atoms with Gasteiger partial charge in [-0.25, -0.2) is 22.8 Å². The quantitative estimate of drug-likeness (QED) is 0.333. The van der Waals surface area contributed by atoms with E-state index in [0.29, 0.717) is 79.8 Å². The molecule has 3 aromatic heterocycles. The molecule has 1 aliphatic heterocycles. The molecule has 1 aliphatic carbocycles. The highest BCUT2D eigenvalue weighted by molar-refractivity contribution is 7.93. The number of nitrogens with one attached hydrogen (secondary N) is 2. The van der Waals surface area contributed by atoms with Crippen molar-refractivity contribution < 1.29 is 22.3 Å². The second kappa shape index (κ2) is 11.9. The molecule has 2 atom stereocenters. The molecule has 1 amide bonds. The fraction of sp³-hybridized carbons (Fsp3) is 0.480. The normalized spacial score (nSPS) is 18.6. The van der Waals surface area contributed by atoms with Crippen LogP contribution in [0.5, 0.6) is 5.88 Å². The van der Waals surface area contributed by atoms with Gasteiger partial charge in [-0.05, 0) is 44.7 Å². The fourth-order valence-electron chi connectivity index (χ4n) is 4.32. The summed E-state index contributed by atoms with van der Waals surface area (Å²) in [4.78, 5) is 33.2. The highest BCUT2D eigenvalue weighted by atomic mass is 32.2. The third-order valence-corrected chi connectivity index (χ3v) is 9.36. The smallest absolute Gasteiger partial charge is 0.280 e. The van der Waals surface area contributed by atoms with Crippen molar-refractivity contribution >= 4 is 33.0 Å². The zero-order valence-electron chi connectivity index (χ0n) is 21.4. The number of carbonyl (C=O) groups excluding carboxylic acids is 1. The minimum atomic E-state index is -3.45. The first kappa shape index (κ1) is 27.3. The van der Waals surface area contributed by atoms with E-state index in [1.807, 2.05) is 11.8 Å². The molecule has 1 saturated carbocycles. The Balaban J connectivity index is 1.33. The number of nitrogens with zero attached hydrogens (tertiary/aromatic N) is 5. The number of thiazole rings is 1. The van der Waals surface area contributed by atoms with Crippen LogP contribution in [0.3, 0.4) is 0 Å². The molecular weight excluding hydrogens is 545 g/mol. The highest BCUT2D eigenvalue weighted by Gasteiger charge is 2.36. The summed E-state index contributed by atoms with van der Waals surface area (Å²) in [5.41, 5.74) is 1.43. The van der Waals surface area contributed by atoms with Crippen molar-refractivity contribution in [1.82, 2.24) is 30.2 Å². The Hall–Kier alpha value is -3.23. The fourth-order valence-corrected chi connectivity index (χ4v) is 6.48. The average Bonchev–Trinajstić information content (AvgIpc) is 3.53. The van der Waals surface area contributed by atoms with Crippen molar-refractivity contribution in [3.63, 3.8) is 0 Å². The maximum Gasteiger partial charge on any atom is 0.280 e. The van der Waals surface area contributed by atoms with Gasteiger partial charge in [0.05, 0.1) is 46.6 Å². The summed E-state index contributed by atoms with van der Waals surface area (Å²) < 4.78 is 46.7. The summed E-state index contributed by atoms with van der Waals surface area (Å²) in [6, 6.07) is 2.67. The van der Waals surface area contributed by atoms with E-state index < -0.39 is 28.1 Å². The van der Waals surface area contributed by atoms with Crippen molar-refractivity contribution in [1.29, 1.82) is 0 Å². The van der Waals surface area contributed by atoms with Crippen molar-refractivity contribution in [2.75, 3.05) is 31.0 Å². The number of ether oxygens (including phenoxy) is 1.